The molecule has 134 valence electrons. The van der Waals surface area contributed by atoms with Crippen LogP contribution in [0.25, 0.3) is 0 Å². The van der Waals surface area contributed by atoms with Gasteiger partial charge < -0.3 is 10.4 Å². The smallest absolute Gasteiger partial charge is 0.416 e. The van der Waals surface area contributed by atoms with Crippen LogP contribution in [0.5, 0.6) is 5.75 Å². The summed E-state index contributed by atoms with van der Waals surface area (Å²) >= 11 is 0. The van der Waals surface area contributed by atoms with E-state index in [0.29, 0.717) is 25.2 Å². The van der Waals surface area contributed by atoms with Gasteiger partial charge in [-0.3, -0.25) is 4.90 Å². The number of phenols is 1. The van der Waals surface area contributed by atoms with Crippen LogP contribution in [0.1, 0.15) is 17.2 Å². The first-order valence-electron chi connectivity index (χ1n) is 6.43. The molecule has 10 heteroatoms. The van der Waals surface area contributed by atoms with Gasteiger partial charge in [0, 0.05) is 31.7 Å². The number of nitrogens with one attached hydrogen (secondary N) is 1. The molecule has 23 heavy (non-hydrogen) atoms. The monoisotopic (exact) mass is 382 g/mol. The average Bonchev–Trinajstić information content (AvgIpc) is 2.40. The predicted molar refractivity (Wildman–Crippen MR) is 80.8 cm³/mol. The maximum atomic E-state index is 13.3. The van der Waals surface area contributed by atoms with Crippen molar-refractivity contribution < 1.29 is 27.1 Å². The Morgan fingerprint density at radius 1 is 1.09 bits per heavy atom. The molecular weight excluding hydrogens is 366 g/mol. The highest BCUT2D eigenvalue weighted by atomic mass is 35.5. The highest BCUT2D eigenvalue weighted by Gasteiger charge is 2.36. The van der Waals surface area contributed by atoms with E-state index < -0.39 is 30.0 Å². The maximum absolute atomic E-state index is 13.3. The highest BCUT2D eigenvalue weighted by molar-refractivity contribution is 5.85. The molecular formula is C13H17Cl2F5N2O. The zero-order chi connectivity index (χ0) is 15.6. The third-order valence-corrected chi connectivity index (χ3v) is 3.46. The summed E-state index contributed by atoms with van der Waals surface area (Å²) in [5.41, 5.74) is -1.43. The molecule has 1 atom stereocenters. The van der Waals surface area contributed by atoms with Crippen LogP contribution in [0.15, 0.2) is 18.2 Å². The van der Waals surface area contributed by atoms with E-state index in [1.165, 1.54) is 4.90 Å². The number of halogens is 7. The van der Waals surface area contributed by atoms with Crippen LogP contribution in [0.3, 0.4) is 0 Å². The summed E-state index contributed by atoms with van der Waals surface area (Å²) in [7, 11) is 0. The Labute approximate surface area is 142 Å². The average molecular weight is 383 g/mol. The maximum Gasteiger partial charge on any atom is 0.416 e. The summed E-state index contributed by atoms with van der Waals surface area (Å²) in [4.78, 5) is 1.39. The number of rotatable bonds is 3. The summed E-state index contributed by atoms with van der Waals surface area (Å²) in [6.07, 6.45) is -7.53. The summed E-state index contributed by atoms with van der Waals surface area (Å²) in [5.74, 6) is -0.549. The van der Waals surface area contributed by atoms with Crippen molar-refractivity contribution in [1.82, 2.24) is 10.2 Å². The molecule has 2 rings (SSSR count). The second-order valence-electron chi connectivity index (χ2n) is 4.84. The zero-order valence-corrected chi connectivity index (χ0v) is 13.4. The third kappa shape index (κ3) is 5.34. The Balaban J connectivity index is 0.00000242. The van der Waals surface area contributed by atoms with Crippen LogP contribution < -0.4 is 5.32 Å². The topological polar surface area (TPSA) is 35.5 Å². The molecule has 0 aliphatic carbocycles. The Morgan fingerprint density at radius 2 is 1.65 bits per heavy atom. The van der Waals surface area contributed by atoms with E-state index in [2.05, 4.69) is 5.32 Å². The molecule has 0 unspecified atom stereocenters. The van der Waals surface area contributed by atoms with Gasteiger partial charge >= 0.3 is 6.18 Å². The van der Waals surface area contributed by atoms with E-state index in [9.17, 15) is 27.1 Å². The molecule has 0 bridgehead atoms. The number of nitrogens with zero attached hydrogens (tertiary/aromatic N) is 1. The summed E-state index contributed by atoms with van der Waals surface area (Å²) in [6, 6.07) is 0.553. The van der Waals surface area contributed by atoms with Gasteiger partial charge in [-0.15, -0.1) is 24.8 Å². The minimum atomic E-state index is -4.64. The standard InChI is InChI=1S/C13H15F5N2O.2ClH/c14-12(15)11(20-5-3-19-4-6-20)9-7-8(13(16,17)18)1-2-10(9)21;;/h1-2,7,11-12,19,21H,3-6H2;2*1H/t11-;;/m1../s1. The molecule has 1 heterocycles. The van der Waals surface area contributed by atoms with E-state index in [-0.39, 0.29) is 43.5 Å². The first-order valence-corrected chi connectivity index (χ1v) is 6.43. The van der Waals surface area contributed by atoms with Gasteiger partial charge in [0.15, 0.2) is 0 Å². The van der Waals surface area contributed by atoms with Gasteiger partial charge in [0.25, 0.3) is 6.43 Å². The predicted octanol–water partition coefficient (Wildman–Crippen LogP) is 3.47. The van der Waals surface area contributed by atoms with Gasteiger partial charge in [0.2, 0.25) is 0 Å². The zero-order valence-electron chi connectivity index (χ0n) is 11.8. The van der Waals surface area contributed by atoms with Crippen molar-refractivity contribution >= 4 is 24.8 Å². The minimum absolute atomic E-state index is 0. The highest BCUT2D eigenvalue weighted by Crippen LogP contribution is 2.38. The Bertz CT molecular complexity index is 496. The van der Waals surface area contributed by atoms with Crippen LogP contribution in [0.4, 0.5) is 22.0 Å². The van der Waals surface area contributed by atoms with Gasteiger partial charge in [-0.2, -0.15) is 13.2 Å². The van der Waals surface area contributed by atoms with E-state index in [1.54, 1.807) is 0 Å². The molecule has 1 fully saturated rings. The van der Waals surface area contributed by atoms with E-state index in [4.69, 9.17) is 0 Å². The van der Waals surface area contributed by atoms with Crippen molar-refractivity contribution in [1.29, 1.82) is 0 Å². The summed E-state index contributed by atoms with van der Waals surface area (Å²) in [6.45, 7) is 1.52. The lowest BCUT2D eigenvalue weighted by Gasteiger charge is -2.35. The molecule has 1 aromatic carbocycles. The number of alkyl halides is 5. The molecule has 0 amide bonds. The van der Waals surface area contributed by atoms with Gasteiger partial charge in [0.05, 0.1) is 5.56 Å². The molecule has 1 aromatic rings. The number of aromatic hydroxyl groups is 1. The molecule has 1 aliphatic heterocycles. The Morgan fingerprint density at radius 3 is 2.13 bits per heavy atom. The van der Waals surface area contributed by atoms with Crippen LogP contribution in [-0.2, 0) is 6.18 Å². The van der Waals surface area contributed by atoms with Gasteiger partial charge in [0.1, 0.15) is 11.8 Å². The van der Waals surface area contributed by atoms with Crippen molar-refractivity contribution in [3.8, 4) is 5.75 Å². The van der Waals surface area contributed by atoms with Crippen molar-refractivity contribution in [3.63, 3.8) is 0 Å². The lowest BCUT2D eigenvalue weighted by molar-refractivity contribution is -0.137. The fourth-order valence-electron chi connectivity index (χ4n) is 2.42. The van der Waals surface area contributed by atoms with Gasteiger partial charge in [-0.25, -0.2) is 8.78 Å². The third-order valence-electron chi connectivity index (χ3n) is 3.46. The molecule has 0 saturated carbocycles. The van der Waals surface area contributed by atoms with Crippen LogP contribution >= 0.6 is 24.8 Å². The molecule has 2 N–H and O–H groups in total. The summed E-state index contributed by atoms with van der Waals surface area (Å²) in [5, 5.41) is 12.7. The van der Waals surface area contributed by atoms with Gasteiger partial charge in [-0.1, -0.05) is 0 Å². The number of phenolic OH excluding ortho intramolecular Hbond substituents is 1. The molecule has 0 spiro atoms. The number of hydrogen-bond acceptors (Lipinski definition) is 3. The molecule has 3 nitrogen and oxygen atoms in total. The van der Waals surface area contributed by atoms with Crippen molar-refractivity contribution in [2.45, 2.75) is 18.6 Å². The Kier molecular flexibility index (Phi) is 8.54. The second kappa shape index (κ2) is 8.86. The normalized spacial score (nSPS) is 17.3. The van der Waals surface area contributed by atoms with Gasteiger partial charge in [-0.05, 0) is 18.2 Å². The fourth-order valence-corrected chi connectivity index (χ4v) is 2.42. The number of piperazine rings is 1. The lowest BCUT2D eigenvalue weighted by Crippen LogP contribution is -2.47. The first-order chi connectivity index (χ1) is 9.80. The van der Waals surface area contributed by atoms with Crippen molar-refractivity contribution in [2.24, 2.45) is 0 Å². The minimum Gasteiger partial charge on any atom is -0.508 e. The van der Waals surface area contributed by atoms with Crippen LogP contribution in [0, 0.1) is 0 Å². The quantitative estimate of drug-likeness (QED) is 0.785. The molecule has 1 aliphatic rings. The van der Waals surface area contributed by atoms with Crippen molar-refractivity contribution in [2.75, 3.05) is 26.2 Å². The summed E-state index contributed by atoms with van der Waals surface area (Å²) < 4.78 is 64.8. The number of hydrogen-bond donors (Lipinski definition) is 2. The van der Waals surface area contributed by atoms with E-state index in [0.717, 1.165) is 6.07 Å². The first kappa shape index (κ1) is 22.2. The largest absolute Gasteiger partial charge is 0.508 e. The molecule has 0 aromatic heterocycles. The number of benzene rings is 1. The van der Waals surface area contributed by atoms with E-state index >= 15 is 0 Å². The SMILES string of the molecule is Cl.Cl.Oc1ccc(C(F)(F)F)cc1[C@H](C(F)F)N1CCNCC1. The fraction of sp³-hybridized carbons (Fsp3) is 0.538. The van der Waals surface area contributed by atoms with Crippen LogP contribution in [-0.4, -0.2) is 42.6 Å². The Hall–Kier alpha value is -0.830. The van der Waals surface area contributed by atoms with Crippen LogP contribution in [0.2, 0.25) is 0 Å². The van der Waals surface area contributed by atoms with E-state index in [1.807, 2.05) is 0 Å². The molecule has 1 saturated heterocycles. The second-order valence-corrected chi connectivity index (χ2v) is 4.84. The molecule has 0 radical (unpaired) electrons. The van der Waals surface area contributed by atoms with Crippen molar-refractivity contribution in [3.05, 3.63) is 29.3 Å². The lowest BCUT2D eigenvalue weighted by atomic mass is 10.0.